The molecule has 0 amide bonds. The molecule has 5 atom stereocenters. The maximum absolute atomic E-state index is 12.3. The second-order valence-corrected chi connectivity index (χ2v) is 6.05. The summed E-state index contributed by atoms with van der Waals surface area (Å²) in [7, 11) is 2.06. The number of hydrogen-bond donors (Lipinski definition) is 1. The topological polar surface area (TPSA) is 62.3 Å². The number of aliphatic hydroxyl groups excluding tert-OH is 1. The number of carbonyl (C=O) groups excluding carboxylic acids is 1. The van der Waals surface area contributed by atoms with Crippen molar-refractivity contribution in [3.05, 3.63) is 35.9 Å². The first-order valence-electron chi connectivity index (χ1n) is 7.87. The average molecular weight is 305 g/mol. The van der Waals surface area contributed by atoms with E-state index in [-0.39, 0.29) is 24.7 Å². The van der Waals surface area contributed by atoms with E-state index < -0.39 is 5.92 Å². The van der Waals surface area contributed by atoms with Crippen molar-refractivity contribution in [1.82, 2.24) is 4.90 Å². The highest BCUT2D eigenvalue weighted by Gasteiger charge is 2.59. The molecule has 5 unspecified atom stereocenters. The lowest BCUT2D eigenvalue weighted by molar-refractivity contribution is -0.148. The van der Waals surface area contributed by atoms with Gasteiger partial charge in [0, 0.05) is 6.04 Å². The van der Waals surface area contributed by atoms with Crippen LogP contribution in [0.25, 0.3) is 0 Å². The molecule has 0 radical (unpaired) electrons. The number of likely N-dealkylation sites (N-methyl/N-ethyl adjacent to an activating group) is 1. The molecule has 120 valence electrons. The molecule has 2 fully saturated rings. The highest BCUT2D eigenvalue weighted by Crippen LogP contribution is 2.41. The number of rotatable bonds is 6. The summed E-state index contributed by atoms with van der Waals surface area (Å²) in [6.07, 6.45) is 1.51. The van der Waals surface area contributed by atoms with Gasteiger partial charge in [0.15, 0.2) is 0 Å². The van der Waals surface area contributed by atoms with Crippen molar-refractivity contribution >= 4 is 5.97 Å². The Morgan fingerprint density at radius 1 is 1.32 bits per heavy atom. The summed E-state index contributed by atoms with van der Waals surface area (Å²) < 4.78 is 11.1. The van der Waals surface area contributed by atoms with Crippen molar-refractivity contribution in [1.29, 1.82) is 0 Å². The summed E-state index contributed by atoms with van der Waals surface area (Å²) in [5, 5.41) is 9.50. The van der Waals surface area contributed by atoms with Gasteiger partial charge in [-0.3, -0.25) is 9.69 Å². The quantitative estimate of drug-likeness (QED) is 0.631. The van der Waals surface area contributed by atoms with Gasteiger partial charge in [-0.2, -0.15) is 0 Å². The van der Waals surface area contributed by atoms with Crippen LogP contribution in [0.4, 0.5) is 0 Å². The number of carbonyl (C=O) groups is 1. The molecule has 5 nitrogen and oxygen atoms in total. The molecular weight excluding hydrogens is 282 g/mol. The molecule has 1 aromatic rings. The number of nitrogens with zero attached hydrogens (tertiary/aromatic N) is 1. The van der Waals surface area contributed by atoms with Crippen molar-refractivity contribution in [2.45, 2.75) is 43.6 Å². The molecule has 2 saturated heterocycles. The van der Waals surface area contributed by atoms with Crippen molar-refractivity contribution < 1.29 is 19.4 Å². The minimum Gasteiger partial charge on any atom is -0.463 e. The third-order valence-electron chi connectivity index (χ3n) is 4.85. The van der Waals surface area contributed by atoms with E-state index in [9.17, 15) is 9.90 Å². The van der Waals surface area contributed by atoms with Gasteiger partial charge in [-0.25, -0.2) is 0 Å². The van der Waals surface area contributed by atoms with E-state index in [1.54, 1.807) is 0 Å². The van der Waals surface area contributed by atoms with Crippen LogP contribution in [0.3, 0.4) is 0 Å². The Kier molecular flexibility index (Phi) is 4.47. The fourth-order valence-electron chi connectivity index (χ4n) is 3.47. The van der Waals surface area contributed by atoms with E-state index in [1.165, 1.54) is 0 Å². The summed E-state index contributed by atoms with van der Waals surface area (Å²) in [4.78, 5) is 14.5. The second kappa shape index (κ2) is 6.36. The molecule has 0 bridgehead atoms. The smallest absolute Gasteiger partial charge is 0.315 e. The predicted octanol–water partition coefficient (Wildman–Crippen LogP) is 1.17. The lowest BCUT2D eigenvalue weighted by Crippen LogP contribution is -2.41. The second-order valence-electron chi connectivity index (χ2n) is 6.05. The zero-order valence-corrected chi connectivity index (χ0v) is 13.0. The summed E-state index contributed by atoms with van der Waals surface area (Å²) in [5.74, 6) is -0.995. The normalized spacial score (nSPS) is 31.6. The standard InChI is InChI=1S/C17H23NO4/c1-3-13-15-16(22-15)14(18(13)2)10-21-17(20)12(9-19)11-7-5-4-6-8-11/h4-8,12-16,19H,3,9-10H2,1-2H3. The van der Waals surface area contributed by atoms with Gasteiger partial charge in [-0.05, 0) is 19.0 Å². The third kappa shape index (κ3) is 2.76. The molecular formula is C17H23NO4. The van der Waals surface area contributed by atoms with Crippen LogP contribution in [0.2, 0.25) is 0 Å². The molecule has 22 heavy (non-hydrogen) atoms. The van der Waals surface area contributed by atoms with Crippen LogP contribution < -0.4 is 0 Å². The van der Waals surface area contributed by atoms with Crippen LogP contribution in [0, 0.1) is 0 Å². The zero-order valence-electron chi connectivity index (χ0n) is 13.0. The van der Waals surface area contributed by atoms with Crippen LogP contribution in [0.1, 0.15) is 24.8 Å². The molecule has 0 aromatic heterocycles. The Morgan fingerprint density at radius 3 is 2.59 bits per heavy atom. The molecule has 0 aliphatic carbocycles. The number of fused-ring (bicyclic) bond motifs is 1. The molecule has 2 aliphatic heterocycles. The van der Waals surface area contributed by atoms with E-state index in [0.717, 1.165) is 12.0 Å². The molecule has 5 heteroatoms. The number of morpholine rings is 1. The number of epoxide rings is 1. The Bertz CT molecular complexity index is 521. The first kappa shape index (κ1) is 15.5. The molecule has 1 N–H and O–H groups in total. The van der Waals surface area contributed by atoms with Gasteiger partial charge < -0.3 is 14.6 Å². The zero-order chi connectivity index (χ0) is 15.7. The largest absolute Gasteiger partial charge is 0.463 e. The van der Waals surface area contributed by atoms with Gasteiger partial charge in [0.25, 0.3) is 0 Å². The average Bonchev–Trinajstić information content (AvgIpc) is 3.25. The van der Waals surface area contributed by atoms with Gasteiger partial charge in [-0.1, -0.05) is 37.3 Å². The van der Waals surface area contributed by atoms with Crippen molar-refractivity contribution in [2.24, 2.45) is 0 Å². The number of hydrogen-bond acceptors (Lipinski definition) is 5. The van der Waals surface area contributed by atoms with E-state index in [1.807, 2.05) is 30.3 Å². The van der Waals surface area contributed by atoms with E-state index in [4.69, 9.17) is 9.47 Å². The summed E-state index contributed by atoms with van der Waals surface area (Å²) in [6.45, 7) is 2.21. The third-order valence-corrected chi connectivity index (χ3v) is 4.85. The highest BCUT2D eigenvalue weighted by molar-refractivity contribution is 5.78. The van der Waals surface area contributed by atoms with Gasteiger partial charge in [0.05, 0.1) is 12.6 Å². The lowest BCUT2D eigenvalue weighted by Gasteiger charge is -2.28. The van der Waals surface area contributed by atoms with E-state index >= 15 is 0 Å². The fourth-order valence-corrected chi connectivity index (χ4v) is 3.47. The SMILES string of the molecule is CCC1C2OC2C(COC(=O)C(CO)c2ccccc2)N1C. The molecule has 3 rings (SSSR count). The van der Waals surface area contributed by atoms with Gasteiger partial charge in [0.1, 0.15) is 24.7 Å². The van der Waals surface area contributed by atoms with Crippen LogP contribution in [-0.2, 0) is 14.3 Å². The lowest BCUT2D eigenvalue weighted by atomic mass is 10.0. The van der Waals surface area contributed by atoms with Crippen molar-refractivity contribution in [3.8, 4) is 0 Å². The number of esters is 1. The van der Waals surface area contributed by atoms with E-state index in [0.29, 0.717) is 18.8 Å². The van der Waals surface area contributed by atoms with Crippen molar-refractivity contribution in [2.75, 3.05) is 20.3 Å². The van der Waals surface area contributed by atoms with Crippen molar-refractivity contribution in [3.63, 3.8) is 0 Å². The first-order chi connectivity index (χ1) is 10.7. The summed E-state index contributed by atoms with van der Waals surface area (Å²) in [6, 6.07) is 9.78. The van der Waals surface area contributed by atoms with E-state index in [2.05, 4.69) is 18.9 Å². The summed E-state index contributed by atoms with van der Waals surface area (Å²) in [5.41, 5.74) is 0.779. The molecule has 0 spiro atoms. The molecule has 2 heterocycles. The highest BCUT2D eigenvalue weighted by atomic mass is 16.6. The Hall–Kier alpha value is -1.43. The number of ether oxygens (including phenoxy) is 2. The predicted molar refractivity (Wildman–Crippen MR) is 81.5 cm³/mol. The Balaban J connectivity index is 1.58. The minimum atomic E-state index is -0.620. The molecule has 0 saturated carbocycles. The molecule has 1 aromatic carbocycles. The number of likely N-dealkylation sites (tertiary alicyclic amines) is 1. The van der Waals surface area contributed by atoms with Crippen LogP contribution in [0.15, 0.2) is 30.3 Å². The Morgan fingerprint density at radius 2 is 2.00 bits per heavy atom. The molecule has 2 aliphatic rings. The minimum absolute atomic E-state index is 0.119. The number of aliphatic hydroxyl groups is 1. The first-order valence-corrected chi connectivity index (χ1v) is 7.87. The number of benzene rings is 1. The van der Waals surface area contributed by atoms with Crippen LogP contribution >= 0.6 is 0 Å². The maximum atomic E-state index is 12.3. The maximum Gasteiger partial charge on any atom is 0.315 e. The monoisotopic (exact) mass is 305 g/mol. The van der Waals surface area contributed by atoms with Crippen LogP contribution in [-0.4, -0.2) is 60.5 Å². The fraction of sp³-hybridized carbons (Fsp3) is 0.588. The summed E-state index contributed by atoms with van der Waals surface area (Å²) >= 11 is 0. The van der Waals surface area contributed by atoms with Gasteiger partial charge in [0.2, 0.25) is 0 Å². The van der Waals surface area contributed by atoms with Crippen LogP contribution in [0.5, 0.6) is 0 Å². The van der Waals surface area contributed by atoms with Gasteiger partial charge in [-0.15, -0.1) is 0 Å². The Labute approximate surface area is 130 Å². The van der Waals surface area contributed by atoms with Gasteiger partial charge >= 0.3 is 5.97 Å².